The van der Waals surface area contributed by atoms with Gasteiger partial charge in [0.15, 0.2) is 5.78 Å². The molecular weight excluding hydrogens is 396 g/mol. The van der Waals surface area contributed by atoms with Gasteiger partial charge in [-0.05, 0) is 56.5 Å². The summed E-state index contributed by atoms with van der Waals surface area (Å²) in [6.45, 7) is 3.44. The molecule has 7 nitrogen and oxygen atoms in total. The van der Waals surface area contributed by atoms with E-state index in [0.717, 1.165) is 32.1 Å². The molecule has 0 radical (unpaired) electrons. The Balaban J connectivity index is 1.90. The summed E-state index contributed by atoms with van der Waals surface area (Å²) in [6, 6.07) is 6.97. The van der Waals surface area contributed by atoms with Crippen molar-refractivity contribution in [3.05, 3.63) is 52.3 Å². The van der Waals surface area contributed by atoms with Gasteiger partial charge in [-0.1, -0.05) is 19.3 Å². The van der Waals surface area contributed by atoms with Crippen molar-refractivity contribution in [3.63, 3.8) is 0 Å². The highest BCUT2D eigenvalue weighted by Gasteiger charge is 2.30. The number of carbonyl (C=O) groups is 3. The van der Waals surface area contributed by atoms with E-state index >= 15 is 0 Å². The SMILES string of the molecule is COC(=O)c1[nH]c(C)c(C(=O)CN(C(=O)c2ccc(OC)cc2)C2CCCCC2)c1C. The van der Waals surface area contributed by atoms with Crippen LogP contribution in [0, 0.1) is 13.8 Å². The molecule has 0 atom stereocenters. The highest BCUT2D eigenvalue weighted by Crippen LogP contribution is 2.26. The third-order valence-corrected chi connectivity index (χ3v) is 6.03. The van der Waals surface area contributed by atoms with Crippen LogP contribution < -0.4 is 4.74 Å². The average Bonchev–Trinajstić information content (AvgIpc) is 3.10. The van der Waals surface area contributed by atoms with Crippen LogP contribution in [0.25, 0.3) is 0 Å². The molecule has 7 heteroatoms. The fourth-order valence-corrected chi connectivity index (χ4v) is 4.37. The van der Waals surface area contributed by atoms with E-state index in [9.17, 15) is 14.4 Å². The summed E-state index contributed by atoms with van der Waals surface area (Å²) >= 11 is 0. The molecule has 31 heavy (non-hydrogen) atoms. The van der Waals surface area contributed by atoms with Crippen LogP contribution in [0.3, 0.4) is 0 Å². The molecule has 1 saturated carbocycles. The van der Waals surface area contributed by atoms with Crippen molar-refractivity contribution in [2.24, 2.45) is 0 Å². The normalized spacial score (nSPS) is 14.2. The number of ether oxygens (including phenoxy) is 2. The molecule has 1 N–H and O–H groups in total. The molecule has 0 bridgehead atoms. The number of aromatic amines is 1. The Bertz CT molecular complexity index is 955. The molecule has 3 rings (SSSR count). The summed E-state index contributed by atoms with van der Waals surface area (Å²) in [5.74, 6) is -0.195. The maximum absolute atomic E-state index is 13.4. The number of esters is 1. The molecule has 1 aromatic carbocycles. The van der Waals surface area contributed by atoms with Gasteiger partial charge in [0.25, 0.3) is 5.91 Å². The van der Waals surface area contributed by atoms with E-state index in [1.165, 1.54) is 7.11 Å². The van der Waals surface area contributed by atoms with Crippen LogP contribution in [0.2, 0.25) is 0 Å². The first kappa shape index (κ1) is 22.6. The van der Waals surface area contributed by atoms with Gasteiger partial charge in [0.05, 0.1) is 20.8 Å². The van der Waals surface area contributed by atoms with Crippen molar-refractivity contribution in [3.8, 4) is 5.75 Å². The molecule has 2 aromatic rings. The van der Waals surface area contributed by atoms with E-state index in [2.05, 4.69) is 4.98 Å². The number of nitrogens with zero attached hydrogens (tertiary/aromatic N) is 1. The van der Waals surface area contributed by atoms with Gasteiger partial charge in [0.1, 0.15) is 11.4 Å². The first-order valence-corrected chi connectivity index (χ1v) is 10.6. The number of benzene rings is 1. The minimum Gasteiger partial charge on any atom is -0.497 e. The van der Waals surface area contributed by atoms with Gasteiger partial charge >= 0.3 is 5.97 Å². The van der Waals surface area contributed by atoms with Crippen LogP contribution in [-0.4, -0.2) is 54.3 Å². The third-order valence-electron chi connectivity index (χ3n) is 6.03. The van der Waals surface area contributed by atoms with Crippen molar-refractivity contribution >= 4 is 17.7 Å². The predicted molar refractivity (Wildman–Crippen MR) is 117 cm³/mol. The molecule has 0 aliphatic heterocycles. The molecule has 1 heterocycles. The summed E-state index contributed by atoms with van der Waals surface area (Å²) in [5.41, 5.74) is 2.40. The Hall–Kier alpha value is -3.09. The van der Waals surface area contributed by atoms with Gasteiger partial charge in [-0.3, -0.25) is 9.59 Å². The Morgan fingerprint density at radius 2 is 1.68 bits per heavy atom. The summed E-state index contributed by atoms with van der Waals surface area (Å²) in [4.78, 5) is 43.4. The maximum Gasteiger partial charge on any atom is 0.354 e. The van der Waals surface area contributed by atoms with Crippen molar-refractivity contribution in [2.75, 3.05) is 20.8 Å². The topological polar surface area (TPSA) is 88.7 Å². The average molecular weight is 427 g/mol. The van der Waals surface area contributed by atoms with Crippen LogP contribution in [0.1, 0.15) is 74.6 Å². The number of nitrogens with one attached hydrogen (secondary N) is 1. The molecule has 1 aliphatic carbocycles. The van der Waals surface area contributed by atoms with Crippen molar-refractivity contribution in [1.82, 2.24) is 9.88 Å². The maximum atomic E-state index is 13.4. The molecule has 1 aromatic heterocycles. The second-order valence-electron chi connectivity index (χ2n) is 7.99. The number of hydrogen-bond donors (Lipinski definition) is 1. The van der Waals surface area contributed by atoms with E-state index < -0.39 is 5.97 Å². The fourth-order valence-electron chi connectivity index (χ4n) is 4.37. The molecule has 1 aliphatic rings. The molecule has 0 saturated heterocycles. The van der Waals surface area contributed by atoms with E-state index in [4.69, 9.17) is 9.47 Å². The molecule has 0 unspecified atom stereocenters. The summed E-state index contributed by atoms with van der Waals surface area (Å²) in [5, 5.41) is 0. The zero-order chi connectivity index (χ0) is 22.5. The lowest BCUT2D eigenvalue weighted by Gasteiger charge is -2.34. The van der Waals surface area contributed by atoms with E-state index in [-0.39, 0.29) is 30.0 Å². The molecule has 0 spiro atoms. The first-order valence-electron chi connectivity index (χ1n) is 10.6. The van der Waals surface area contributed by atoms with Crippen LogP contribution >= 0.6 is 0 Å². The molecule has 1 fully saturated rings. The highest BCUT2D eigenvalue weighted by atomic mass is 16.5. The van der Waals surface area contributed by atoms with Crippen molar-refractivity contribution < 1.29 is 23.9 Å². The smallest absolute Gasteiger partial charge is 0.354 e. The lowest BCUT2D eigenvalue weighted by molar-refractivity contribution is 0.0588. The predicted octanol–water partition coefficient (Wildman–Crippen LogP) is 4.08. The van der Waals surface area contributed by atoms with Crippen molar-refractivity contribution in [2.45, 2.75) is 52.0 Å². The minimum absolute atomic E-state index is 0.0203. The minimum atomic E-state index is -0.516. The zero-order valence-corrected chi connectivity index (χ0v) is 18.6. The van der Waals surface area contributed by atoms with Gasteiger partial charge in [0.2, 0.25) is 0 Å². The highest BCUT2D eigenvalue weighted by molar-refractivity contribution is 6.05. The number of Topliss-reactive ketones (excluding diaryl/α,β-unsaturated/α-hetero) is 1. The van der Waals surface area contributed by atoms with E-state index in [0.29, 0.717) is 28.1 Å². The number of rotatable bonds is 7. The number of methoxy groups -OCH3 is 2. The molecule has 166 valence electrons. The number of ketones is 1. The standard InChI is InChI=1S/C24H30N2O5/c1-15-21(16(2)25-22(15)24(29)31-4)20(27)14-26(18-8-6-5-7-9-18)23(28)17-10-12-19(30-3)13-11-17/h10-13,18,25H,5-9,14H2,1-4H3. The third kappa shape index (κ3) is 4.81. The van der Waals surface area contributed by atoms with E-state index in [1.54, 1.807) is 50.1 Å². The van der Waals surface area contributed by atoms with Gasteiger partial charge in [0, 0.05) is 22.9 Å². The van der Waals surface area contributed by atoms with Crippen molar-refractivity contribution in [1.29, 1.82) is 0 Å². The Morgan fingerprint density at radius 1 is 1.03 bits per heavy atom. The Labute approximate surface area is 182 Å². The van der Waals surface area contributed by atoms with Crippen LogP contribution in [0.4, 0.5) is 0 Å². The van der Waals surface area contributed by atoms with Crippen LogP contribution in [0.15, 0.2) is 24.3 Å². The van der Waals surface area contributed by atoms with Crippen LogP contribution in [-0.2, 0) is 4.74 Å². The number of hydrogen-bond acceptors (Lipinski definition) is 5. The second kappa shape index (κ2) is 9.81. The zero-order valence-electron chi connectivity index (χ0n) is 18.6. The molecule has 1 amide bonds. The second-order valence-corrected chi connectivity index (χ2v) is 7.99. The lowest BCUT2D eigenvalue weighted by Crippen LogP contribution is -2.44. The summed E-state index contributed by atoms with van der Waals surface area (Å²) in [7, 11) is 2.88. The summed E-state index contributed by atoms with van der Waals surface area (Å²) in [6.07, 6.45) is 4.99. The van der Waals surface area contributed by atoms with Gasteiger partial charge < -0.3 is 19.4 Å². The Kier molecular flexibility index (Phi) is 7.15. The van der Waals surface area contributed by atoms with E-state index in [1.807, 2.05) is 0 Å². The van der Waals surface area contributed by atoms with Gasteiger partial charge in [-0.15, -0.1) is 0 Å². The summed E-state index contributed by atoms with van der Waals surface area (Å²) < 4.78 is 9.99. The van der Waals surface area contributed by atoms with Crippen LogP contribution in [0.5, 0.6) is 5.75 Å². The molecular formula is C24H30N2O5. The number of aryl methyl sites for hydroxylation is 1. The monoisotopic (exact) mass is 426 g/mol. The fraction of sp³-hybridized carbons (Fsp3) is 0.458. The van der Waals surface area contributed by atoms with Gasteiger partial charge in [-0.25, -0.2) is 4.79 Å². The number of aromatic nitrogens is 1. The lowest BCUT2D eigenvalue weighted by atomic mass is 9.93. The number of amides is 1. The number of carbonyl (C=O) groups excluding carboxylic acids is 3. The quantitative estimate of drug-likeness (QED) is 0.532. The largest absolute Gasteiger partial charge is 0.497 e. The Morgan fingerprint density at radius 3 is 2.26 bits per heavy atom. The number of H-pyrrole nitrogens is 1. The van der Waals surface area contributed by atoms with Gasteiger partial charge in [-0.2, -0.15) is 0 Å². The first-order chi connectivity index (χ1) is 14.9.